The maximum Gasteiger partial charge on any atom is 0.249 e. The SMILES string of the molecule is Cc1c(F)cccc1C(N)=O.Cl.Cl. The van der Waals surface area contributed by atoms with Gasteiger partial charge >= 0.3 is 0 Å². The Morgan fingerprint density at radius 2 is 1.92 bits per heavy atom. The predicted molar refractivity (Wildman–Crippen MR) is 54.2 cm³/mol. The highest BCUT2D eigenvalue weighted by Gasteiger charge is 2.06. The molecule has 0 bridgehead atoms. The van der Waals surface area contributed by atoms with Gasteiger partial charge in [-0.2, -0.15) is 0 Å². The molecule has 0 unspecified atom stereocenters. The van der Waals surface area contributed by atoms with E-state index in [1.165, 1.54) is 25.1 Å². The molecule has 2 nitrogen and oxygen atoms in total. The Kier molecular flexibility index (Phi) is 6.54. The third kappa shape index (κ3) is 3.20. The van der Waals surface area contributed by atoms with Crippen LogP contribution in [-0.4, -0.2) is 5.91 Å². The van der Waals surface area contributed by atoms with E-state index in [1.807, 2.05) is 0 Å². The van der Waals surface area contributed by atoms with Crippen molar-refractivity contribution in [2.75, 3.05) is 0 Å². The number of carbonyl (C=O) groups excluding carboxylic acids is 1. The molecule has 1 aromatic rings. The highest BCUT2D eigenvalue weighted by Crippen LogP contribution is 2.10. The summed E-state index contributed by atoms with van der Waals surface area (Å²) in [6.45, 7) is 1.52. The third-order valence-electron chi connectivity index (χ3n) is 1.53. The monoisotopic (exact) mass is 225 g/mol. The fraction of sp³-hybridized carbons (Fsp3) is 0.125. The number of hydrogen-bond donors (Lipinski definition) is 1. The quantitative estimate of drug-likeness (QED) is 0.782. The number of halogens is 3. The number of nitrogens with two attached hydrogens (primary N) is 1. The lowest BCUT2D eigenvalue weighted by atomic mass is 10.1. The fourth-order valence-corrected chi connectivity index (χ4v) is 0.874. The molecule has 1 amide bonds. The summed E-state index contributed by atoms with van der Waals surface area (Å²) in [7, 11) is 0. The average Bonchev–Trinajstić information content (AvgIpc) is 1.94. The van der Waals surface area contributed by atoms with Gasteiger partial charge in [-0.3, -0.25) is 4.79 Å². The summed E-state index contributed by atoms with van der Waals surface area (Å²) in [5.74, 6) is -0.997. The number of primary amides is 1. The maximum absolute atomic E-state index is 12.7. The van der Waals surface area contributed by atoms with E-state index < -0.39 is 11.7 Å². The fourth-order valence-electron chi connectivity index (χ4n) is 0.874. The van der Waals surface area contributed by atoms with Crippen molar-refractivity contribution < 1.29 is 9.18 Å². The Hall–Kier alpha value is -0.800. The molecule has 0 saturated carbocycles. The minimum Gasteiger partial charge on any atom is -0.366 e. The summed E-state index contributed by atoms with van der Waals surface area (Å²) in [6.07, 6.45) is 0. The number of amides is 1. The van der Waals surface area contributed by atoms with Gasteiger partial charge in [-0.15, -0.1) is 24.8 Å². The maximum atomic E-state index is 12.7. The lowest BCUT2D eigenvalue weighted by molar-refractivity contribution is 0.0999. The molecule has 13 heavy (non-hydrogen) atoms. The molecule has 0 fully saturated rings. The van der Waals surface area contributed by atoms with Gasteiger partial charge in [0.1, 0.15) is 5.82 Å². The molecule has 0 atom stereocenters. The molecule has 0 spiro atoms. The van der Waals surface area contributed by atoms with E-state index >= 15 is 0 Å². The molecule has 0 aromatic heterocycles. The summed E-state index contributed by atoms with van der Waals surface area (Å²) in [5.41, 5.74) is 5.52. The number of rotatable bonds is 1. The molecule has 0 aliphatic rings. The Morgan fingerprint density at radius 1 is 1.38 bits per heavy atom. The molecule has 5 heteroatoms. The van der Waals surface area contributed by atoms with Gasteiger partial charge in [-0.05, 0) is 24.6 Å². The zero-order chi connectivity index (χ0) is 8.43. The summed E-state index contributed by atoms with van der Waals surface area (Å²) in [5, 5.41) is 0. The molecule has 74 valence electrons. The first kappa shape index (κ1) is 14.7. The van der Waals surface area contributed by atoms with E-state index in [9.17, 15) is 9.18 Å². The van der Waals surface area contributed by atoms with Crippen molar-refractivity contribution in [3.8, 4) is 0 Å². The Morgan fingerprint density at radius 3 is 2.31 bits per heavy atom. The molecule has 0 heterocycles. The highest BCUT2D eigenvalue weighted by atomic mass is 35.5. The Balaban J connectivity index is 0. The molecule has 1 aromatic carbocycles. The van der Waals surface area contributed by atoms with Crippen molar-refractivity contribution in [3.05, 3.63) is 35.1 Å². The topological polar surface area (TPSA) is 43.1 Å². The zero-order valence-electron chi connectivity index (χ0n) is 6.91. The average molecular weight is 226 g/mol. The van der Waals surface area contributed by atoms with Gasteiger partial charge < -0.3 is 5.73 Å². The number of benzene rings is 1. The number of carbonyl (C=O) groups is 1. The van der Waals surface area contributed by atoms with Gasteiger partial charge in [-0.1, -0.05) is 6.07 Å². The van der Waals surface area contributed by atoms with E-state index in [4.69, 9.17) is 5.73 Å². The molecular weight excluding hydrogens is 216 g/mol. The van der Waals surface area contributed by atoms with Crippen LogP contribution in [0.5, 0.6) is 0 Å². The minimum atomic E-state index is -0.595. The van der Waals surface area contributed by atoms with E-state index in [0.29, 0.717) is 5.56 Å². The standard InChI is InChI=1S/C8H8FNO.2ClH/c1-5-6(8(10)11)3-2-4-7(5)9;;/h2-4H,1H3,(H2,10,11);2*1H. The second-order valence-corrected chi connectivity index (χ2v) is 2.28. The molecule has 0 aliphatic carbocycles. The minimum absolute atomic E-state index is 0. The van der Waals surface area contributed by atoms with Gasteiger partial charge in [0.25, 0.3) is 0 Å². The second kappa shape index (κ2) is 5.78. The first-order valence-corrected chi connectivity index (χ1v) is 3.18. The van der Waals surface area contributed by atoms with Crippen LogP contribution in [0.3, 0.4) is 0 Å². The normalized spacial score (nSPS) is 8.15. The van der Waals surface area contributed by atoms with Crippen molar-refractivity contribution >= 4 is 30.7 Å². The number of hydrogen-bond acceptors (Lipinski definition) is 1. The van der Waals surface area contributed by atoms with Gasteiger partial charge in [0.05, 0.1) is 0 Å². The van der Waals surface area contributed by atoms with Crippen LogP contribution in [-0.2, 0) is 0 Å². The van der Waals surface area contributed by atoms with Crippen LogP contribution in [0.15, 0.2) is 18.2 Å². The predicted octanol–water partition coefficient (Wildman–Crippen LogP) is 2.08. The van der Waals surface area contributed by atoms with Crippen molar-refractivity contribution in [2.24, 2.45) is 5.73 Å². The molecule has 0 saturated heterocycles. The summed E-state index contributed by atoms with van der Waals surface area (Å²) >= 11 is 0. The van der Waals surface area contributed by atoms with Crippen LogP contribution in [0.1, 0.15) is 15.9 Å². The van der Waals surface area contributed by atoms with E-state index in [-0.39, 0.29) is 30.4 Å². The van der Waals surface area contributed by atoms with Gasteiger partial charge in [0.15, 0.2) is 0 Å². The van der Waals surface area contributed by atoms with Crippen LogP contribution in [0, 0.1) is 12.7 Å². The Bertz CT molecular complexity index is 304. The van der Waals surface area contributed by atoms with Crippen LogP contribution in [0.2, 0.25) is 0 Å². The first-order chi connectivity index (χ1) is 5.13. The van der Waals surface area contributed by atoms with E-state index in [1.54, 1.807) is 0 Å². The summed E-state index contributed by atoms with van der Waals surface area (Å²) in [4.78, 5) is 10.6. The smallest absolute Gasteiger partial charge is 0.249 e. The largest absolute Gasteiger partial charge is 0.366 e. The zero-order valence-corrected chi connectivity index (χ0v) is 8.55. The summed E-state index contributed by atoms with van der Waals surface area (Å²) in [6, 6.07) is 4.25. The highest BCUT2D eigenvalue weighted by molar-refractivity contribution is 5.94. The van der Waals surface area contributed by atoms with Gasteiger partial charge in [0, 0.05) is 5.56 Å². The Labute approximate surface area is 88.1 Å². The van der Waals surface area contributed by atoms with Crippen LogP contribution >= 0.6 is 24.8 Å². The van der Waals surface area contributed by atoms with Crippen LogP contribution < -0.4 is 5.73 Å². The van der Waals surface area contributed by atoms with E-state index in [0.717, 1.165) is 0 Å². The molecule has 1 rings (SSSR count). The van der Waals surface area contributed by atoms with E-state index in [2.05, 4.69) is 0 Å². The van der Waals surface area contributed by atoms with Crippen LogP contribution in [0.4, 0.5) is 4.39 Å². The van der Waals surface area contributed by atoms with Crippen molar-refractivity contribution in [1.82, 2.24) is 0 Å². The molecule has 0 radical (unpaired) electrons. The van der Waals surface area contributed by atoms with Crippen LogP contribution in [0.25, 0.3) is 0 Å². The molecular formula is C8H10Cl2FNO. The summed E-state index contributed by atoms with van der Waals surface area (Å²) < 4.78 is 12.7. The van der Waals surface area contributed by atoms with Crippen molar-refractivity contribution in [1.29, 1.82) is 0 Å². The molecule has 2 N–H and O–H groups in total. The van der Waals surface area contributed by atoms with Gasteiger partial charge in [0.2, 0.25) is 5.91 Å². The van der Waals surface area contributed by atoms with Crippen molar-refractivity contribution in [2.45, 2.75) is 6.92 Å². The third-order valence-corrected chi connectivity index (χ3v) is 1.53. The van der Waals surface area contributed by atoms with Gasteiger partial charge in [-0.25, -0.2) is 4.39 Å². The molecule has 0 aliphatic heterocycles. The lowest BCUT2D eigenvalue weighted by Gasteiger charge is -2.00. The first-order valence-electron chi connectivity index (χ1n) is 3.18. The van der Waals surface area contributed by atoms with Crippen molar-refractivity contribution in [3.63, 3.8) is 0 Å². The lowest BCUT2D eigenvalue weighted by Crippen LogP contribution is -2.13. The second-order valence-electron chi connectivity index (χ2n) is 2.28.